The molecule has 0 spiro atoms. The molecule has 0 aromatic carbocycles. The number of fused-ring (bicyclic) bond motifs is 1. The maximum Gasteiger partial charge on any atom is 0.422 e. The number of nitrogens with zero attached hydrogens (tertiary/aromatic N) is 6. The van der Waals surface area contributed by atoms with Crippen LogP contribution in [0.15, 0.2) is 4.79 Å². The molecule has 128 valence electrons. The average molecular weight is 340 g/mol. The Labute approximate surface area is 132 Å². The van der Waals surface area contributed by atoms with Crippen LogP contribution in [-0.2, 0) is 14.3 Å². The van der Waals surface area contributed by atoms with Gasteiger partial charge in [-0.1, -0.05) is 5.21 Å². The first-order valence-electron chi connectivity index (χ1n) is 6.89. The summed E-state index contributed by atoms with van der Waals surface area (Å²) < 4.78 is 11.3. The van der Waals surface area contributed by atoms with Crippen LogP contribution in [0.1, 0.15) is 26.0 Å². The normalized spacial score (nSPS) is 20.4. The third-order valence-corrected chi connectivity index (χ3v) is 3.48. The van der Waals surface area contributed by atoms with E-state index < -0.39 is 45.6 Å². The van der Waals surface area contributed by atoms with E-state index in [0.717, 1.165) is 4.68 Å². The van der Waals surface area contributed by atoms with Crippen LogP contribution >= 0.6 is 0 Å². The number of hydrogen-bond acceptors (Lipinski definition) is 10. The zero-order valence-electron chi connectivity index (χ0n) is 12.4. The SMILES string of the molecule is CC(=O)OCC1CCC(n2nnc3c([N+](=O)[O-])nn(O)c3c2=O)O1. The maximum atomic E-state index is 12.4. The third kappa shape index (κ3) is 2.64. The van der Waals surface area contributed by atoms with Gasteiger partial charge >= 0.3 is 17.3 Å². The average Bonchev–Trinajstić information content (AvgIpc) is 3.11. The number of hydrogen-bond donors (Lipinski definition) is 1. The van der Waals surface area contributed by atoms with Crippen LogP contribution in [0.2, 0.25) is 0 Å². The Morgan fingerprint density at radius 1 is 1.54 bits per heavy atom. The Bertz CT molecular complexity index is 874. The van der Waals surface area contributed by atoms with E-state index in [2.05, 4.69) is 15.4 Å². The van der Waals surface area contributed by atoms with Crippen molar-refractivity contribution in [1.29, 1.82) is 0 Å². The summed E-state index contributed by atoms with van der Waals surface area (Å²) in [6, 6.07) is 0. The minimum Gasteiger partial charge on any atom is -0.463 e. The molecular formula is C11H12N6O7. The third-order valence-electron chi connectivity index (χ3n) is 3.48. The van der Waals surface area contributed by atoms with Crippen LogP contribution in [0.3, 0.4) is 0 Å². The van der Waals surface area contributed by atoms with Crippen LogP contribution in [0.25, 0.3) is 11.0 Å². The maximum absolute atomic E-state index is 12.4. The van der Waals surface area contributed by atoms with Crippen molar-refractivity contribution in [1.82, 2.24) is 24.9 Å². The topological polar surface area (TPSA) is 164 Å². The summed E-state index contributed by atoms with van der Waals surface area (Å²) in [5.41, 5.74) is -1.72. The molecule has 2 atom stereocenters. The molecule has 3 rings (SSSR count). The van der Waals surface area contributed by atoms with Crippen molar-refractivity contribution in [3.63, 3.8) is 0 Å². The number of rotatable bonds is 4. The molecule has 0 amide bonds. The number of aromatic nitrogens is 5. The van der Waals surface area contributed by atoms with Gasteiger partial charge in [0.25, 0.3) is 0 Å². The molecule has 24 heavy (non-hydrogen) atoms. The molecule has 1 fully saturated rings. The van der Waals surface area contributed by atoms with E-state index in [4.69, 9.17) is 9.47 Å². The van der Waals surface area contributed by atoms with E-state index in [1.54, 1.807) is 0 Å². The highest BCUT2D eigenvalue weighted by Gasteiger charge is 2.33. The monoisotopic (exact) mass is 340 g/mol. The van der Waals surface area contributed by atoms with E-state index in [-0.39, 0.29) is 11.5 Å². The highest BCUT2D eigenvalue weighted by atomic mass is 16.6. The van der Waals surface area contributed by atoms with Gasteiger partial charge in [0.2, 0.25) is 11.0 Å². The Hall–Kier alpha value is -3.09. The van der Waals surface area contributed by atoms with E-state index in [0.29, 0.717) is 12.8 Å². The summed E-state index contributed by atoms with van der Waals surface area (Å²) in [6.45, 7) is 1.31. The van der Waals surface area contributed by atoms with Crippen molar-refractivity contribution >= 4 is 22.8 Å². The predicted octanol–water partition coefficient (Wildman–Crippen LogP) is -0.626. The molecule has 0 saturated carbocycles. The number of carbonyl (C=O) groups excluding carboxylic acids is 1. The quantitative estimate of drug-likeness (QED) is 0.328. The van der Waals surface area contributed by atoms with Crippen molar-refractivity contribution in [3.05, 3.63) is 20.5 Å². The van der Waals surface area contributed by atoms with Gasteiger partial charge in [0.15, 0.2) is 6.23 Å². The Balaban J connectivity index is 1.90. The lowest BCUT2D eigenvalue weighted by Gasteiger charge is -2.13. The lowest BCUT2D eigenvalue weighted by atomic mass is 10.2. The fourth-order valence-electron chi connectivity index (χ4n) is 2.42. The molecule has 2 aromatic heterocycles. The van der Waals surface area contributed by atoms with E-state index in [1.807, 2.05) is 0 Å². The van der Waals surface area contributed by atoms with E-state index in [9.17, 15) is 24.9 Å². The second-order valence-electron chi connectivity index (χ2n) is 5.10. The summed E-state index contributed by atoms with van der Waals surface area (Å²) in [5, 5.41) is 30.9. The van der Waals surface area contributed by atoms with Gasteiger partial charge in [-0.25, -0.2) is 0 Å². The highest BCUT2D eigenvalue weighted by Crippen LogP contribution is 2.27. The van der Waals surface area contributed by atoms with Crippen molar-refractivity contribution < 1.29 is 24.4 Å². The van der Waals surface area contributed by atoms with Gasteiger partial charge in [0.05, 0.1) is 11.2 Å². The molecule has 1 aliphatic rings. The van der Waals surface area contributed by atoms with Gasteiger partial charge in [-0.3, -0.25) is 9.59 Å². The van der Waals surface area contributed by atoms with Gasteiger partial charge < -0.3 is 24.8 Å². The minimum absolute atomic E-state index is 0.0413. The molecule has 3 heterocycles. The Morgan fingerprint density at radius 3 is 2.96 bits per heavy atom. The number of esters is 1. The molecular weight excluding hydrogens is 328 g/mol. The van der Waals surface area contributed by atoms with Crippen LogP contribution in [0.5, 0.6) is 0 Å². The first kappa shape index (κ1) is 15.8. The molecule has 1 aliphatic heterocycles. The molecule has 2 unspecified atom stereocenters. The van der Waals surface area contributed by atoms with Gasteiger partial charge in [0, 0.05) is 11.8 Å². The molecule has 2 aromatic rings. The first-order chi connectivity index (χ1) is 11.4. The van der Waals surface area contributed by atoms with Crippen molar-refractivity contribution in [2.24, 2.45) is 0 Å². The van der Waals surface area contributed by atoms with Gasteiger partial charge in [-0.2, -0.15) is 4.68 Å². The van der Waals surface area contributed by atoms with Gasteiger partial charge in [-0.15, -0.1) is 5.10 Å². The lowest BCUT2D eigenvalue weighted by Crippen LogP contribution is -2.30. The molecule has 1 saturated heterocycles. The second kappa shape index (κ2) is 5.84. The summed E-state index contributed by atoms with van der Waals surface area (Å²) >= 11 is 0. The Morgan fingerprint density at radius 2 is 2.29 bits per heavy atom. The molecule has 0 radical (unpaired) electrons. The zero-order chi connectivity index (χ0) is 17.4. The second-order valence-corrected chi connectivity index (χ2v) is 5.10. The predicted molar refractivity (Wildman–Crippen MR) is 73.2 cm³/mol. The fraction of sp³-hybridized carbons (Fsp3) is 0.545. The van der Waals surface area contributed by atoms with Crippen molar-refractivity contribution in [3.8, 4) is 0 Å². The van der Waals surface area contributed by atoms with Crippen molar-refractivity contribution in [2.45, 2.75) is 32.1 Å². The smallest absolute Gasteiger partial charge is 0.422 e. The number of carbonyl (C=O) groups is 1. The fourth-order valence-corrected chi connectivity index (χ4v) is 2.42. The van der Waals surface area contributed by atoms with Crippen LogP contribution in [-0.4, -0.2) is 53.7 Å². The van der Waals surface area contributed by atoms with Crippen molar-refractivity contribution in [2.75, 3.05) is 6.61 Å². The van der Waals surface area contributed by atoms with Gasteiger partial charge in [0.1, 0.15) is 6.61 Å². The molecule has 1 N–H and O–H groups in total. The van der Waals surface area contributed by atoms with Crippen LogP contribution in [0.4, 0.5) is 5.82 Å². The molecule has 0 aliphatic carbocycles. The standard InChI is InChI=1S/C11H12N6O7/c1-5(18)23-4-6-2-3-7(24-6)15-11(19)9-8(12-14-15)10(17(21)22)13-16(9)20/h6-7,20H,2-4H2,1H3. The van der Waals surface area contributed by atoms with Crippen LogP contribution < -0.4 is 5.56 Å². The highest BCUT2D eigenvalue weighted by molar-refractivity contribution is 5.80. The zero-order valence-corrected chi connectivity index (χ0v) is 12.4. The first-order valence-corrected chi connectivity index (χ1v) is 6.89. The number of nitro groups is 1. The number of ether oxygens (including phenoxy) is 2. The summed E-state index contributed by atoms with van der Waals surface area (Å²) in [4.78, 5) is 33.2. The molecule has 13 heteroatoms. The largest absolute Gasteiger partial charge is 0.463 e. The van der Waals surface area contributed by atoms with E-state index >= 15 is 0 Å². The summed E-state index contributed by atoms with van der Waals surface area (Å²) in [5.74, 6) is -1.22. The van der Waals surface area contributed by atoms with Gasteiger partial charge in [-0.05, 0) is 17.8 Å². The van der Waals surface area contributed by atoms with E-state index in [1.165, 1.54) is 6.92 Å². The summed E-state index contributed by atoms with van der Waals surface area (Å²) in [6.07, 6.45) is -0.281. The molecule has 13 nitrogen and oxygen atoms in total. The minimum atomic E-state index is -0.880. The van der Waals surface area contributed by atoms with Crippen LogP contribution in [0, 0.1) is 10.1 Å². The summed E-state index contributed by atoms with van der Waals surface area (Å²) in [7, 11) is 0. The molecule has 0 bridgehead atoms. The lowest BCUT2D eigenvalue weighted by molar-refractivity contribution is -0.388. The Kier molecular flexibility index (Phi) is 3.84.